The lowest BCUT2D eigenvalue weighted by Gasteiger charge is -2.18. The standard InChI is InChI=1S/C18H13ClN2O3/c19-15-10-14(11-21-17(15)22)18(23)24-16(12-4-2-1-3-5-12)13-6-8-20-9-7-13/h1-11,16H,(H,21,22)/t16-/m1/s1. The summed E-state index contributed by atoms with van der Waals surface area (Å²) in [5, 5.41) is -0.0652. The topological polar surface area (TPSA) is 72.0 Å². The Hall–Kier alpha value is -2.92. The first kappa shape index (κ1) is 16.0. The van der Waals surface area contributed by atoms with Crippen LogP contribution in [0.1, 0.15) is 27.6 Å². The summed E-state index contributed by atoms with van der Waals surface area (Å²) in [6.45, 7) is 0. The molecule has 6 heteroatoms. The SMILES string of the molecule is O=C(O[C@H](c1ccccc1)c1ccncc1)c1c[nH]c(=O)c(Cl)c1. The molecule has 0 aliphatic heterocycles. The van der Waals surface area contributed by atoms with Gasteiger partial charge in [-0.1, -0.05) is 41.9 Å². The van der Waals surface area contributed by atoms with E-state index in [0.29, 0.717) is 0 Å². The minimum atomic E-state index is -0.590. The van der Waals surface area contributed by atoms with Gasteiger partial charge in [-0.15, -0.1) is 0 Å². The molecule has 0 saturated heterocycles. The van der Waals surface area contributed by atoms with Crippen LogP contribution in [0, 0.1) is 0 Å². The number of ether oxygens (including phenoxy) is 1. The van der Waals surface area contributed by atoms with E-state index < -0.39 is 17.6 Å². The molecule has 0 aliphatic carbocycles. The number of nitrogens with zero attached hydrogens (tertiary/aromatic N) is 1. The smallest absolute Gasteiger partial charge is 0.340 e. The third-order valence-electron chi connectivity index (χ3n) is 3.43. The normalized spacial score (nSPS) is 11.7. The van der Waals surface area contributed by atoms with Gasteiger partial charge in [0.15, 0.2) is 6.10 Å². The Balaban J connectivity index is 1.93. The number of H-pyrrole nitrogens is 1. The van der Waals surface area contributed by atoms with E-state index in [0.717, 1.165) is 11.1 Å². The number of pyridine rings is 2. The first-order valence-electron chi connectivity index (χ1n) is 7.19. The van der Waals surface area contributed by atoms with Crippen molar-refractivity contribution in [1.29, 1.82) is 0 Å². The van der Waals surface area contributed by atoms with Crippen LogP contribution in [0.3, 0.4) is 0 Å². The van der Waals surface area contributed by atoms with Crippen LogP contribution in [0.2, 0.25) is 5.02 Å². The van der Waals surface area contributed by atoms with E-state index >= 15 is 0 Å². The van der Waals surface area contributed by atoms with Gasteiger partial charge in [0.1, 0.15) is 5.02 Å². The predicted octanol–water partition coefficient (Wildman–Crippen LogP) is 3.37. The van der Waals surface area contributed by atoms with Crippen LogP contribution in [0.5, 0.6) is 0 Å². The van der Waals surface area contributed by atoms with Crippen molar-refractivity contribution < 1.29 is 9.53 Å². The van der Waals surface area contributed by atoms with Crippen molar-refractivity contribution in [3.63, 3.8) is 0 Å². The molecule has 3 rings (SSSR count). The van der Waals surface area contributed by atoms with E-state index in [9.17, 15) is 9.59 Å². The number of rotatable bonds is 4. The van der Waals surface area contributed by atoms with E-state index in [2.05, 4.69) is 9.97 Å². The first-order chi connectivity index (χ1) is 11.6. The zero-order valence-corrected chi connectivity index (χ0v) is 13.2. The second kappa shape index (κ2) is 7.10. The van der Waals surface area contributed by atoms with Gasteiger partial charge in [-0.05, 0) is 23.8 Å². The summed E-state index contributed by atoms with van der Waals surface area (Å²) in [5.74, 6) is -0.584. The number of benzene rings is 1. The lowest BCUT2D eigenvalue weighted by atomic mass is 10.0. The molecule has 0 saturated carbocycles. The van der Waals surface area contributed by atoms with Gasteiger partial charge < -0.3 is 9.72 Å². The summed E-state index contributed by atoms with van der Waals surface area (Å²) < 4.78 is 5.66. The third kappa shape index (κ3) is 3.52. The number of carbonyl (C=O) groups is 1. The van der Waals surface area contributed by atoms with Crippen LogP contribution < -0.4 is 5.56 Å². The van der Waals surface area contributed by atoms with E-state index in [-0.39, 0.29) is 10.6 Å². The summed E-state index contributed by atoms with van der Waals surface area (Å²) >= 11 is 5.77. The quantitative estimate of drug-likeness (QED) is 0.739. The summed E-state index contributed by atoms with van der Waals surface area (Å²) in [6, 6.07) is 14.2. The van der Waals surface area contributed by atoms with Crippen molar-refractivity contribution in [2.24, 2.45) is 0 Å². The molecule has 2 aromatic heterocycles. The maximum atomic E-state index is 12.4. The number of halogens is 1. The number of esters is 1. The molecule has 24 heavy (non-hydrogen) atoms. The van der Waals surface area contributed by atoms with Crippen LogP contribution in [-0.4, -0.2) is 15.9 Å². The minimum Gasteiger partial charge on any atom is -0.449 e. The highest BCUT2D eigenvalue weighted by molar-refractivity contribution is 6.30. The van der Waals surface area contributed by atoms with Crippen molar-refractivity contribution >= 4 is 17.6 Å². The highest BCUT2D eigenvalue weighted by atomic mass is 35.5. The van der Waals surface area contributed by atoms with Crippen LogP contribution >= 0.6 is 11.6 Å². The van der Waals surface area contributed by atoms with Crippen LogP contribution in [0.25, 0.3) is 0 Å². The summed E-state index contributed by atoms with van der Waals surface area (Å²) in [7, 11) is 0. The first-order valence-corrected chi connectivity index (χ1v) is 7.57. The average Bonchev–Trinajstić information content (AvgIpc) is 2.63. The molecule has 0 bridgehead atoms. The lowest BCUT2D eigenvalue weighted by molar-refractivity contribution is 0.0377. The summed E-state index contributed by atoms with van der Waals surface area (Å²) in [5.41, 5.74) is 1.34. The second-order valence-corrected chi connectivity index (χ2v) is 5.45. The molecular weight excluding hydrogens is 328 g/mol. The molecule has 1 N–H and O–H groups in total. The number of aromatic nitrogens is 2. The van der Waals surface area contributed by atoms with Gasteiger partial charge in [-0.2, -0.15) is 0 Å². The third-order valence-corrected chi connectivity index (χ3v) is 3.71. The maximum Gasteiger partial charge on any atom is 0.340 e. The van der Waals surface area contributed by atoms with Crippen LogP contribution in [0.4, 0.5) is 0 Å². The Bertz CT molecular complexity index is 855. The van der Waals surface area contributed by atoms with Gasteiger partial charge in [0.05, 0.1) is 5.56 Å². The molecule has 2 heterocycles. The molecule has 0 aliphatic rings. The lowest BCUT2D eigenvalue weighted by Crippen LogP contribution is -2.15. The maximum absolute atomic E-state index is 12.4. The Morgan fingerprint density at radius 2 is 1.75 bits per heavy atom. The monoisotopic (exact) mass is 340 g/mol. The highest BCUT2D eigenvalue weighted by Crippen LogP contribution is 2.26. The van der Waals surface area contributed by atoms with Gasteiger partial charge in [0.25, 0.3) is 5.56 Å². The van der Waals surface area contributed by atoms with E-state index in [1.165, 1.54) is 12.3 Å². The zero-order valence-electron chi connectivity index (χ0n) is 12.5. The highest BCUT2D eigenvalue weighted by Gasteiger charge is 2.20. The molecular formula is C18H13ClN2O3. The van der Waals surface area contributed by atoms with Crippen molar-refractivity contribution in [1.82, 2.24) is 9.97 Å². The Morgan fingerprint density at radius 1 is 1.08 bits per heavy atom. The Labute approximate surface area is 142 Å². The number of nitrogens with one attached hydrogen (secondary N) is 1. The number of hydrogen-bond acceptors (Lipinski definition) is 4. The van der Waals surface area contributed by atoms with Gasteiger partial charge in [0.2, 0.25) is 0 Å². The average molecular weight is 341 g/mol. The molecule has 0 unspecified atom stereocenters. The van der Waals surface area contributed by atoms with Gasteiger partial charge in [-0.25, -0.2) is 4.79 Å². The Morgan fingerprint density at radius 3 is 2.42 bits per heavy atom. The summed E-state index contributed by atoms with van der Waals surface area (Å²) in [4.78, 5) is 30.1. The van der Waals surface area contributed by atoms with Crippen molar-refractivity contribution in [2.75, 3.05) is 0 Å². The van der Waals surface area contributed by atoms with Crippen LogP contribution in [-0.2, 0) is 4.74 Å². The molecule has 0 amide bonds. The van der Waals surface area contributed by atoms with Gasteiger partial charge in [0, 0.05) is 24.2 Å². The molecule has 5 nitrogen and oxygen atoms in total. The fourth-order valence-corrected chi connectivity index (χ4v) is 2.42. The van der Waals surface area contributed by atoms with Crippen molar-refractivity contribution in [3.8, 4) is 0 Å². The molecule has 0 fully saturated rings. The molecule has 0 radical (unpaired) electrons. The van der Waals surface area contributed by atoms with Crippen molar-refractivity contribution in [2.45, 2.75) is 6.10 Å². The number of aromatic amines is 1. The minimum absolute atomic E-state index is 0.0652. The Kier molecular flexibility index (Phi) is 4.72. The molecule has 120 valence electrons. The number of carbonyl (C=O) groups excluding carboxylic acids is 1. The fraction of sp³-hybridized carbons (Fsp3) is 0.0556. The number of hydrogen-bond donors (Lipinski definition) is 1. The van der Waals surface area contributed by atoms with Gasteiger partial charge in [-0.3, -0.25) is 9.78 Å². The van der Waals surface area contributed by atoms with E-state index in [4.69, 9.17) is 16.3 Å². The van der Waals surface area contributed by atoms with Crippen molar-refractivity contribution in [3.05, 3.63) is 99.2 Å². The molecule has 1 aromatic carbocycles. The van der Waals surface area contributed by atoms with Gasteiger partial charge >= 0.3 is 5.97 Å². The molecule has 3 aromatic rings. The largest absolute Gasteiger partial charge is 0.449 e. The predicted molar refractivity (Wildman–Crippen MR) is 90.0 cm³/mol. The fourth-order valence-electron chi connectivity index (χ4n) is 2.24. The molecule has 1 atom stereocenters. The van der Waals surface area contributed by atoms with E-state index in [1.54, 1.807) is 24.5 Å². The van der Waals surface area contributed by atoms with Crippen LogP contribution in [0.15, 0.2) is 71.9 Å². The second-order valence-electron chi connectivity index (χ2n) is 5.04. The molecule has 0 spiro atoms. The van der Waals surface area contributed by atoms with E-state index in [1.807, 2.05) is 30.3 Å². The summed E-state index contributed by atoms with van der Waals surface area (Å²) in [6.07, 6.45) is 3.96. The zero-order chi connectivity index (χ0) is 16.9.